The first kappa shape index (κ1) is 9.56. The SMILES string of the molecule is O=c1cc(C(F)(F)F)nc2nccnn12. The number of alkyl halides is 3. The number of hydrogen-bond donors (Lipinski definition) is 0. The zero-order valence-electron chi connectivity index (χ0n) is 7.06. The molecule has 0 fully saturated rings. The van der Waals surface area contributed by atoms with Crippen LogP contribution >= 0.6 is 0 Å². The van der Waals surface area contributed by atoms with Crippen LogP contribution in [0.2, 0.25) is 0 Å². The van der Waals surface area contributed by atoms with Crippen molar-refractivity contribution in [1.82, 2.24) is 19.6 Å². The van der Waals surface area contributed by atoms with Gasteiger partial charge in [0, 0.05) is 6.07 Å². The van der Waals surface area contributed by atoms with Gasteiger partial charge in [-0.25, -0.2) is 9.97 Å². The molecule has 0 aliphatic carbocycles. The van der Waals surface area contributed by atoms with E-state index in [1.54, 1.807) is 0 Å². The molecule has 2 rings (SSSR count). The van der Waals surface area contributed by atoms with Crippen molar-refractivity contribution in [2.75, 3.05) is 0 Å². The monoisotopic (exact) mass is 216 g/mol. The Balaban J connectivity index is 2.79. The van der Waals surface area contributed by atoms with Gasteiger partial charge in [0.05, 0.1) is 12.4 Å². The Morgan fingerprint density at radius 2 is 2.00 bits per heavy atom. The van der Waals surface area contributed by atoms with Crippen LogP contribution in [0.25, 0.3) is 5.78 Å². The zero-order chi connectivity index (χ0) is 11.1. The van der Waals surface area contributed by atoms with Crippen molar-refractivity contribution in [3.63, 3.8) is 0 Å². The smallest absolute Gasteiger partial charge is 0.267 e. The van der Waals surface area contributed by atoms with Gasteiger partial charge in [0.15, 0.2) is 5.69 Å². The Labute approximate surface area is 80.2 Å². The van der Waals surface area contributed by atoms with Crippen molar-refractivity contribution in [1.29, 1.82) is 0 Å². The summed E-state index contributed by atoms with van der Waals surface area (Å²) >= 11 is 0. The van der Waals surface area contributed by atoms with Gasteiger partial charge >= 0.3 is 6.18 Å². The Hall–Kier alpha value is -1.99. The molecule has 0 saturated carbocycles. The fourth-order valence-electron chi connectivity index (χ4n) is 0.998. The Morgan fingerprint density at radius 3 is 2.67 bits per heavy atom. The standard InChI is InChI=1S/C7H3F3N4O/c8-7(9,10)4-3-5(15)14-6(13-4)11-1-2-12-14/h1-3H. The van der Waals surface area contributed by atoms with Gasteiger partial charge in [-0.3, -0.25) is 4.79 Å². The van der Waals surface area contributed by atoms with Crippen molar-refractivity contribution in [3.8, 4) is 0 Å². The molecular formula is C7H3F3N4O. The molecular weight excluding hydrogens is 213 g/mol. The summed E-state index contributed by atoms with van der Waals surface area (Å²) in [5.41, 5.74) is -2.19. The van der Waals surface area contributed by atoms with E-state index in [0.29, 0.717) is 10.6 Å². The van der Waals surface area contributed by atoms with E-state index in [1.807, 2.05) is 0 Å². The largest absolute Gasteiger partial charge is 0.433 e. The lowest BCUT2D eigenvalue weighted by Crippen LogP contribution is -2.22. The highest BCUT2D eigenvalue weighted by Crippen LogP contribution is 2.26. The summed E-state index contributed by atoms with van der Waals surface area (Å²) in [6.07, 6.45) is -2.32. The van der Waals surface area contributed by atoms with Crippen molar-refractivity contribution in [2.24, 2.45) is 0 Å². The molecule has 0 saturated heterocycles. The summed E-state index contributed by atoms with van der Waals surface area (Å²) in [4.78, 5) is 17.8. The van der Waals surface area contributed by atoms with Gasteiger partial charge in [-0.2, -0.15) is 22.8 Å². The van der Waals surface area contributed by atoms with Crippen LogP contribution in [0.3, 0.4) is 0 Å². The number of aromatic nitrogens is 4. The minimum atomic E-state index is -4.66. The van der Waals surface area contributed by atoms with Crippen LogP contribution in [0, 0.1) is 0 Å². The first-order chi connectivity index (χ1) is 6.98. The maximum atomic E-state index is 12.2. The molecule has 0 radical (unpaired) electrons. The van der Waals surface area contributed by atoms with E-state index in [1.165, 1.54) is 6.20 Å². The van der Waals surface area contributed by atoms with Crippen LogP contribution in [-0.2, 0) is 6.18 Å². The predicted octanol–water partition coefficient (Wildman–Crippen LogP) is 0.503. The minimum Gasteiger partial charge on any atom is -0.267 e. The van der Waals surface area contributed by atoms with Crippen LogP contribution in [0.15, 0.2) is 23.3 Å². The maximum Gasteiger partial charge on any atom is 0.433 e. The van der Waals surface area contributed by atoms with Gasteiger partial charge in [-0.1, -0.05) is 0 Å². The molecule has 0 spiro atoms. The van der Waals surface area contributed by atoms with Gasteiger partial charge in [-0.05, 0) is 0 Å². The molecule has 15 heavy (non-hydrogen) atoms. The van der Waals surface area contributed by atoms with Crippen LogP contribution < -0.4 is 5.56 Å². The number of fused-ring (bicyclic) bond motifs is 1. The molecule has 0 atom stereocenters. The Kier molecular flexibility index (Phi) is 1.92. The topological polar surface area (TPSA) is 60.2 Å². The van der Waals surface area contributed by atoms with Crippen LogP contribution in [-0.4, -0.2) is 19.6 Å². The molecule has 0 unspecified atom stereocenters. The third-order valence-electron chi connectivity index (χ3n) is 1.61. The average Bonchev–Trinajstić information content (AvgIpc) is 2.16. The second kappa shape index (κ2) is 3.01. The Bertz CT molecular complexity index is 562. The number of halogens is 3. The molecule has 0 aliphatic heterocycles. The molecule has 2 aromatic rings. The summed E-state index contributed by atoms with van der Waals surface area (Å²) in [5.74, 6) is -0.377. The first-order valence-electron chi connectivity index (χ1n) is 3.77. The molecule has 0 amide bonds. The summed E-state index contributed by atoms with van der Waals surface area (Å²) < 4.78 is 37.4. The summed E-state index contributed by atoms with van der Waals surface area (Å²) in [7, 11) is 0. The van der Waals surface area contributed by atoms with Crippen LogP contribution in [0.1, 0.15) is 5.69 Å². The van der Waals surface area contributed by atoms with Crippen molar-refractivity contribution in [2.45, 2.75) is 6.18 Å². The van der Waals surface area contributed by atoms with Gasteiger partial charge in [0.25, 0.3) is 11.3 Å². The van der Waals surface area contributed by atoms with Crippen LogP contribution in [0.5, 0.6) is 0 Å². The predicted molar refractivity (Wildman–Crippen MR) is 42.1 cm³/mol. The van der Waals surface area contributed by atoms with E-state index in [-0.39, 0.29) is 5.78 Å². The van der Waals surface area contributed by atoms with Gasteiger partial charge < -0.3 is 0 Å². The number of rotatable bonds is 0. The van der Waals surface area contributed by atoms with E-state index >= 15 is 0 Å². The summed E-state index contributed by atoms with van der Waals surface area (Å²) in [6, 6.07) is 0.377. The molecule has 0 bridgehead atoms. The number of hydrogen-bond acceptors (Lipinski definition) is 4. The normalized spacial score (nSPS) is 11.9. The molecule has 8 heteroatoms. The molecule has 2 heterocycles. The van der Waals surface area contributed by atoms with E-state index < -0.39 is 17.4 Å². The Morgan fingerprint density at radius 1 is 1.27 bits per heavy atom. The first-order valence-corrected chi connectivity index (χ1v) is 3.77. The maximum absolute atomic E-state index is 12.2. The highest BCUT2D eigenvalue weighted by molar-refractivity contribution is 5.26. The van der Waals surface area contributed by atoms with Crippen molar-refractivity contribution < 1.29 is 13.2 Å². The highest BCUT2D eigenvalue weighted by Gasteiger charge is 2.33. The van der Waals surface area contributed by atoms with E-state index in [0.717, 1.165) is 6.20 Å². The third-order valence-corrected chi connectivity index (χ3v) is 1.61. The highest BCUT2D eigenvalue weighted by atomic mass is 19.4. The fourth-order valence-corrected chi connectivity index (χ4v) is 0.998. The van der Waals surface area contributed by atoms with Gasteiger partial charge in [0.2, 0.25) is 0 Å². The molecule has 5 nitrogen and oxygen atoms in total. The summed E-state index contributed by atoms with van der Waals surface area (Å²) in [6.45, 7) is 0. The van der Waals surface area contributed by atoms with Crippen LogP contribution in [0.4, 0.5) is 13.2 Å². The lowest BCUT2D eigenvalue weighted by atomic mass is 10.4. The lowest BCUT2D eigenvalue weighted by Gasteiger charge is -2.05. The average molecular weight is 216 g/mol. The molecule has 0 aromatic carbocycles. The van der Waals surface area contributed by atoms with E-state index in [2.05, 4.69) is 15.1 Å². The molecule has 0 N–H and O–H groups in total. The second-order valence-electron chi connectivity index (χ2n) is 2.63. The number of nitrogens with zero attached hydrogens (tertiary/aromatic N) is 4. The molecule has 2 aromatic heterocycles. The second-order valence-corrected chi connectivity index (χ2v) is 2.63. The van der Waals surface area contributed by atoms with Crippen molar-refractivity contribution in [3.05, 3.63) is 34.5 Å². The lowest BCUT2D eigenvalue weighted by molar-refractivity contribution is -0.141. The van der Waals surface area contributed by atoms with Gasteiger partial charge in [0.1, 0.15) is 0 Å². The molecule has 78 valence electrons. The third kappa shape index (κ3) is 1.65. The zero-order valence-corrected chi connectivity index (χ0v) is 7.06. The van der Waals surface area contributed by atoms with Gasteiger partial charge in [-0.15, -0.1) is 0 Å². The minimum absolute atomic E-state index is 0.377. The van der Waals surface area contributed by atoms with E-state index in [4.69, 9.17) is 0 Å². The quantitative estimate of drug-likeness (QED) is 0.643. The molecule has 0 aliphatic rings. The van der Waals surface area contributed by atoms with E-state index in [9.17, 15) is 18.0 Å². The summed E-state index contributed by atoms with van der Waals surface area (Å²) in [5, 5.41) is 3.52. The van der Waals surface area contributed by atoms with Crippen molar-refractivity contribution >= 4 is 5.78 Å². The fraction of sp³-hybridized carbons (Fsp3) is 0.143.